The van der Waals surface area contributed by atoms with E-state index in [9.17, 15) is 0 Å². The van der Waals surface area contributed by atoms with Crippen LogP contribution in [0.3, 0.4) is 0 Å². The molecular weight excluding hydrogens is 723 g/mol. The van der Waals surface area contributed by atoms with Gasteiger partial charge in [-0.25, -0.2) is 15.0 Å². The normalized spacial score (nSPS) is 13.1. The molecule has 0 bridgehead atoms. The molecule has 11 aromatic rings. The monoisotopic (exact) mass is 757 g/mol. The van der Waals surface area contributed by atoms with E-state index in [0.29, 0.717) is 17.5 Å². The van der Waals surface area contributed by atoms with Gasteiger partial charge >= 0.3 is 0 Å². The highest BCUT2D eigenvalue weighted by Gasteiger charge is 2.35. The predicted molar refractivity (Wildman–Crippen MR) is 245 cm³/mol. The molecule has 9 aromatic carbocycles. The molecule has 2 heterocycles. The zero-order chi connectivity index (χ0) is 38.5. The minimum atomic E-state index is -0.0578. The van der Waals surface area contributed by atoms with Gasteiger partial charge in [0.15, 0.2) is 17.5 Å². The second-order valence-corrected chi connectivity index (χ2v) is 17.0. The number of hydrogen-bond donors (Lipinski definition) is 0. The average Bonchev–Trinajstić information content (AvgIpc) is 3.78. The predicted octanol–water partition coefficient (Wildman–Crippen LogP) is 14.7. The van der Waals surface area contributed by atoms with Gasteiger partial charge in [-0.2, -0.15) is 0 Å². The molecule has 0 atom stereocenters. The van der Waals surface area contributed by atoms with Crippen LogP contribution in [-0.2, 0) is 5.41 Å². The van der Waals surface area contributed by atoms with Crippen LogP contribution in [0.5, 0.6) is 0 Å². The molecule has 0 saturated heterocycles. The number of hydrogen-bond acceptors (Lipinski definition) is 4. The van der Waals surface area contributed by atoms with Crippen LogP contribution in [0, 0.1) is 0 Å². The molecule has 0 amide bonds. The van der Waals surface area contributed by atoms with Crippen molar-refractivity contribution in [1.29, 1.82) is 0 Å². The van der Waals surface area contributed by atoms with Gasteiger partial charge in [0.05, 0.1) is 0 Å². The van der Waals surface area contributed by atoms with Gasteiger partial charge in [-0.3, -0.25) is 0 Å². The Bertz CT molecular complexity index is 3490. The molecule has 0 unspecified atom stereocenters. The maximum atomic E-state index is 5.26. The molecule has 0 aliphatic heterocycles. The Kier molecular flexibility index (Phi) is 7.14. The van der Waals surface area contributed by atoms with Gasteiger partial charge in [0.2, 0.25) is 0 Å². The molecule has 3 nitrogen and oxygen atoms in total. The number of thiophene rings is 1. The Morgan fingerprint density at radius 1 is 0.345 bits per heavy atom. The van der Waals surface area contributed by atoms with Crippen LogP contribution in [0.4, 0.5) is 0 Å². The molecule has 1 aliphatic rings. The van der Waals surface area contributed by atoms with Gasteiger partial charge in [0, 0.05) is 42.3 Å². The summed E-state index contributed by atoms with van der Waals surface area (Å²) in [6, 6.07) is 63.7. The van der Waals surface area contributed by atoms with E-state index in [0.717, 1.165) is 16.7 Å². The molecule has 2 aromatic heterocycles. The maximum absolute atomic E-state index is 5.26. The summed E-state index contributed by atoms with van der Waals surface area (Å²) < 4.78 is 2.44. The summed E-state index contributed by atoms with van der Waals surface area (Å²) in [6.45, 7) is 4.70. The van der Waals surface area contributed by atoms with E-state index in [-0.39, 0.29) is 5.41 Å². The van der Waals surface area contributed by atoms with Crippen LogP contribution in [-0.4, -0.2) is 15.0 Å². The highest BCUT2D eigenvalue weighted by atomic mass is 32.1. The SMILES string of the molecule is CC1(C)c2ccccc2-c2ccc(-c3ccc4c(c3)c3ccccc3c3ccc(-c5nc(-c6ccccc6)nc(-c6cccc7c6sc6ccccc67)n5)cc34)cc21. The minimum Gasteiger partial charge on any atom is -0.208 e. The Labute approximate surface area is 340 Å². The Hall–Kier alpha value is -7.01. The van der Waals surface area contributed by atoms with Crippen molar-refractivity contribution < 1.29 is 0 Å². The summed E-state index contributed by atoms with van der Waals surface area (Å²) in [7, 11) is 0. The number of fused-ring (bicyclic) bond motifs is 12. The summed E-state index contributed by atoms with van der Waals surface area (Å²) in [5, 5.41) is 9.79. The summed E-state index contributed by atoms with van der Waals surface area (Å²) in [4.78, 5) is 15.6. The Morgan fingerprint density at radius 2 is 0.879 bits per heavy atom. The van der Waals surface area contributed by atoms with Crippen LogP contribution in [0.15, 0.2) is 176 Å². The zero-order valence-corrected chi connectivity index (χ0v) is 32.8. The van der Waals surface area contributed by atoms with Crippen LogP contribution in [0.1, 0.15) is 25.0 Å². The number of nitrogens with zero attached hydrogens (tertiary/aromatic N) is 3. The van der Waals surface area contributed by atoms with E-state index in [2.05, 4.69) is 172 Å². The van der Waals surface area contributed by atoms with Gasteiger partial charge in [-0.15, -0.1) is 11.3 Å². The van der Waals surface area contributed by atoms with E-state index < -0.39 is 0 Å². The first-order valence-corrected chi connectivity index (χ1v) is 20.7. The molecular formula is C54H35N3S. The third kappa shape index (κ3) is 4.95. The molecule has 272 valence electrons. The Balaban J connectivity index is 1.05. The van der Waals surface area contributed by atoms with E-state index in [1.807, 2.05) is 18.2 Å². The first kappa shape index (κ1) is 33.2. The second-order valence-electron chi connectivity index (χ2n) is 15.9. The van der Waals surface area contributed by atoms with Gasteiger partial charge in [0.1, 0.15) is 0 Å². The van der Waals surface area contributed by atoms with Gasteiger partial charge in [-0.1, -0.05) is 159 Å². The van der Waals surface area contributed by atoms with Crippen molar-refractivity contribution in [3.8, 4) is 56.4 Å². The fourth-order valence-corrected chi connectivity index (χ4v) is 10.6. The Morgan fingerprint density at radius 3 is 1.71 bits per heavy atom. The van der Waals surface area contributed by atoms with Crippen LogP contribution >= 0.6 is 11.3 Å². The zero-order valence-electron chi connectivity index (χ0n) is 32.0. The van der Waals surface area contributed by atoms with Crippen molar-refractivity contribution >= 4 is 63.8 Å². The standard InChI is InChI=1S/C54H35N3S/c1-54(2)47-21-10-8-17-40(47)41-28-24-34(31-48(41)54)33-23-26-39-45(29-33)37-16-7-6-15-36(37)38-27-25-35(30-46(38)39)52-55-51(32-13-4-3-5-14-32)56-53(57-52)44-20-12-19-43-42-18-9-11-22-49(42)58-50(43)44/h3-31H,1-2H3. The highest BCUT2D eigenvalue weighted by molar-refractivity contribution is 7.26. The summed E-state index contributed by atoms with van der Waals surface area (Å²) >= 11 is 1.79. The second kappa shape index (κ2) is 12.5. The average molecular weight is 758 g/mol. The lowest BCUT2D eigenvalue weighted by Crippen LogP contribution is -2.14. The molecule has 0 radical (unpaired) electrons. The topological polar surface area (TPSA) is 38.7 Å². The maximum Gasteiger partial charge on any atom is 0.165 e. The van der Waals surface area contributed by atoms with Crippen molar-refractivity contribution in [3.63, 3.8) is 0 Å². The van der Waals surface area contributed by atoms with E-state index in [1.165, 1.54) is 85.9 Å². The minimum absolute atomic E-state index is 0.0578. The smallest absolute Gasteiger partial charge is 0.165 e. The van der Waals surface area contributed by atoms with Crippen LogP contribution in [0.2, 0.25) is 0 Å². The first-order chi connectivity index (χ1) is 28.5. The molecule has 0 fully saturated rings. The summed E-state index contributed by atoms with van der Waals surface area (Å²) in [6.07, 6.45) is 0. The molecule has 58 heavy (non-hydrogen) atoms. The number of rotatable bonds is 4. The fraction of sp³-hybridized carbons (Fsp3) is 0.0556. The largest absolute Gasteiger partial charge is 0.208 e. The van der Waals surface area contributed by atoms with Crippen LogP contribution < -0.4 is 0 Å². The summed E-state index contributed by atoms with van der Waals surface area (Å²) in [5.41, 5.74) is 10.8. The quantitative estimate of drug-likeness (QED) is 0.168. The number of benzene rings is 9. The first-order valence-electron chi connectivity index (χ1n) is 19.9. The molecule has 0 spiro atoms. The fourth-order valence-electron chi connectivity index (χ4n) is 9.42. The molecule has 1 aliphatic carbocycles. The van der Waals surface area contributed by atoms with E-state index in [1.54, 1.807) is 11.3 Å². The lowest BCUT2D eigenvalue weighted by molar-refractivity contribution is 0.660. The van der Waals surface area contributed by atoms with E-state index >= 15 is 0 Å². The van der Waals surface area contributed by atoms with Gasteiger partial charge in [0.25, 0.3) is 0 Å². The van der Waals surface area contributed by atoms with Crippen molar-refractivity contribution in [2.24, 2.45) is 0 Å². The summed E-state index contributed by atoms with van der Waals surface area (Å²) in [5.74, 6) is 1.99. The molecule has 0 saturated carbocycles. The van der Waals surface area contributed by atoms with Gasteiger partial charge in [-0.05, 0) is 96.0 Å². The van der Waals surface area contributed by atoms with Crippen molar-refractivity contribution in [1.82, 2.24) is 15.0 Å². The lowest BCUT2D eigenvalue weighted by Gasteiger charge is -2.22. The number of aromatic nitrogens is 3. The molecule has 12 rings (SSSR count). The van der Waals surface area contributed by atoms with Crippen molar-refractivity contribution in [2.45, 2.75) is 19.3 Å². The van der Waals surface area contributed by atoms with Gasteiger partial charge < -0.3 is 0 Å². The lowest BCUT2D eigenvalue weighted by atomic mass is 9.81. The van der Waals surface area contributed by atoms with E-state index in [4.69, 9.17) is 15.0 Å². The van der Waals surface area contributed by atoms with Crippen molar-refractivity contribution in [2.75, 3.05) is 0 Å². The van der Waals surface area contributed by atoms with Crippen LogP contribution in [0.25, 0.3) is 109 Å². The molecule has 4 heteroatoms. The van der Waals surface area contributed by atoms with Crippen molar-refractivity contribution in [3.05, 3.63) is 187 Å². The molecule has 0 N–H and O–H groups in total. The third-order valence-electron chi connectivity index (χ3n) is 12.3. The highest BCUT2D eigenvalue weighted by Crippen LogP contribution is 2.50. The third-order valence-corrected chi connectivity index (χ3v) is 13.5.